The smallest absolute Gasteiger partial charge is 0.333 e. The quantitative estimate of drug-likeness (QED) is 0.255. The molecular weight excluding hydrogens is 506 g/mol. The number of nitrogens with one attached hydrogen (secondary N) is 1. The van der Waals surface area contributed by atoms with Crippen LogP contribution in [0.15, 0.2) is 42.6 Å². The molecule has 1 amide bonds. The number of rotatable bonds is 7. The van der Waals surface area contributed by atoms with Crippen molar-refractivity contribution in [3.05, 3.63) is 75.0 Å². The van der Waals surface area contributed by atoms with Crippen molar-refractivity contribution in [2.75, 3.05) is 19.6 Å². The summed E-state index contributed by atoms with van der Waals surface area (Å²) in [6.07, 6.45) is -0.436. The second kappa shape index (κ2) is 10.9. The number of nitrogens with zero attached hydrogens (tertiary/aromatic N) is 4. The molecule has 0 radical (unpaired) electrons. The van der Waals surface area contributed by atoms with Gasteiger partial charge < -0.3 is 10.2 Å². The molecule has 3 heterocycles. The number of hydrogen-bond acceptors (Lipinski definition) is 5. The molecule has 3 aromatic rings. The first kappa shape index (κ1) is 26.6. The number of fused-ring (bicyclic) bond motifs is 1. The lowest BCUT2D eigenvalue weighted by Crippen LogP contribution is -2.37. The van der Waals surface area contributed by atoms with E-state index in [4.69, 9.17) is 0 Å². The predicted molar refractivity (Wildman–Crippen MR) is 132 cm³/mol. The zero-order valence-corrected chi connectivity index (χ0v) is 21.1. The fraction of sp³-hybridized carbons (Fsp3) is 0.346. The number of carbonyl (C=O) groups is 1. The standard InChI is InChI=1S/C26H25F4N5OS/c1-3-32-10-6-9-23(36)34-13-19(18-11-16(12-31)37-22(18)15-34)17-7-5-8-21(27)24(17)20-14-35(4-2)33-25(20)26(28,29)30/h5-9,11,14,19,32H,3-4,10,13,15H2,1-2H3/b9-6+. The van der Waals surface area contributed by atoms with Gasteiger partial charge in [0.05, 0.1) is 6.54 Å². The summed E-state index contributed by atoms with van der Waals surface area (Å²) in [4.78, 5) is 15.7. The zero-order chi connectivity index (χ0) is 26.7. The van der Waals surface area contributed by atoms with Gasteiger partial charge in [-0.25, -0.2) is 4.39 Å². The average molecular weight is 532 g/mol. The molecule has 1 aliphatic heterocycles. The number of aromatic nitrogens is 2. The maximum absolute atomic E-state index is 15.4. The molecular formula is C26H25F4N5OS. The van der Waals surface area contributed by atoms with Crippen LogP contribution in [0.3, 0.4) is 0 Å². The number of nitriles is 1. The van der Waals surface area contributed by atoms with Gasteiger partial charge in [0, 0.05) is 53.8 Å². The molecule has 0 spiro atoms. The van der Waals surface area contributed by atoms with Crippen LogP contribution in [0, 0.1) is 17.1 Å². The fourth-order valence-corrected chi connectivity index (χ4v) is 5.53. The molecule has 4 rings (SSSR count). The molecule has 1 atom stereocenters. The van der Waals surface area contributed by atoms with E-state index >= 15 is 4.39 Å². The van der Waals surface area contributed by atoms with Crippen molar-refractivity contribution < 1.29 is 22.4 Å². The molecule has 1 N–H and O–H groups in total. The van der Waals surface area contributed by atoms with Crippen molar-refractivity contribution in [2.45, 2.75) is 39.0 Å². The minimum absolute atomic E-state index is 0.124. The predicted octanol–water partition coefficient (Wildman–Crippen LogP) is 5.30. The number of aryl methyl sites for hydroxylation is 1. The molecule has 194 valence electrons. The van der Waals surface area contributed by atoms with Gasteiger partial charge in [-0.3, -0.25) is 9.48 Å². The Balaban J connectivity index is 1.84. The number of benzene rings is 1. The first-order valence-corrected chi connectivity index (χ1v) is 12.6. The number of alkyl halides is 3. The average Bonchev–Trinajstić information content (AvgIpc) is 3.50. The summed E-state index contributed by atoms with van der Waals surface area (Å²) in [6, 6.07) is 7.93. The lowest BCUT2D eigenvalue weighted by atomic mass is 9.83. The van der Waals surface area contributed by atoms with Gasteiger partial charge in [-0.05, 0) is 36.7 Å². The van der Waals surface area contributed by atoms with Gasteiger partial charge >= 0.3 is 6.18 Å². The Morgan fingerprint density at radius 3 is 2.78 bits per heavy atom. The Kier molecular flexibility index (Phi) is 7.80. The van der Waals surface area contributed by atoms with Gasteiger partial charge in [0.15, 0.2) is 5.69 Å². The maximum Gasteiger partial charge on any atom is 0.435 e. The van der Waals surface area contributed by atoms with E-state index in [1.807, 2.05) is 6.92 Å². The highest BCUT2D eigenvalue weighted by Crippen LogP contribution is 2.45. The van der Waals surface area contributed by atoms with Crippen LogP contribution >= 0.6 is 11.3 Å². The summed E-state index contributed by atoms with van der Waals surface area (Å²) in [6.45, 7) is 5.41. The Hall–Kier alpha value is -3.49. The highest BCUT2D eigenvalue weighted by Gasteiger charge is 2.40. The summed E-state index contributed by atoms with van der Waals surface area (Å²) in [5, 5.41) is 16.2. The fourth-order valence-electron chi connectivity index (χ4n) is 4.49. The van der Waals surface area contributed by atoms with E-state index in [0.717, 1.165) is 22.2 Å². The van der Waals surface area contributed by atoms with Crippen LogP contribution in [0.2, 0.25) is 0 Å². The molecule has 0 aliphatic carbocycles. The lowest BCUT2D eigenvalue weighted by Gasteiger charge is -2.33. The molecule has 2 aromatic heterocycles. The van der Waals surface area contributed by atoms with Crippen LogP contribution in [-0.2, 0) is 24.1 Å². The van der Waals surface area contributed by atoms with E-state index in [0.29, 0.717) is 22.5 Å². The van der Waals surface area contributed by atoms with Crippen LogP contribution < -0.4 is 5.32 Å². The molecule has 0 saturated heterocycles. The topological polar surface area (TPSA) is 74.0 Å². The summed E-state index contributed by atoms with van der Waals surface area (Å²) in [5.41, 5.74) is -0.704. The van der Waals surface area contributed by atoms with E-state index in [1.54, 1.807) is 30.0 Å². The summed E-state index contributed by atoms with van der Waals surface area (Å²) >= 11 is 1.23. The summed E-state index contributed by atoms with van der Waals surface area (Å²) < 4.78 is 58.3. The minimum atomic E-state index is -4.79. The Bertz CT molecular complexity index is 1370. The number of hydrogen-bond donors (Lipinski definition) is 1. The van der Waals surface area contributed by atoms with E-state index in [-0.39, 0.29) is 36.7 Å². The Labute approximate surface area is 215 Å². The monoisotopic (exact) mass is 531 g/mol. The van der Waals surface area contributed by atoms with Crippen LogP contribution in [0.25, 0.3) is 11.1 Å². The number of carbonyl (C=O) groups excluding carboxylic acids is 1. The molecule has 6 nitrogen and oxygen atoms in total. The Morgan fingerprint density at radius 1 is 1.32 bits per heavy atom. The first-order chi connectivity index (χ1) is 17.7. The van der Waals surface area contributed by atoms with Crippen LogP contribution in [0.4, 0.5) is 17.6 Å². The van der Waals surface area contributed by atoms with Crippen LogP contribution in [-0.4, -0.2) is 40.2 Å². The molecule has 0 saturated carbocycles. The summed E-state index contributed by atoms with van der Waals surface area (Å²) in [5.74, 6) is -1.72. The van der Waals surface area contributed by atoms with E-state index in [9.17, 15) is 23.2 Å². The number of likely N-dealkylation sites (N-methyl/N-ethyl adjacent to an activating group) is 1. The maximum atomic E-state index is 15.4. The van der Waals surface area contributed by atoms with Crippen molar-refractivity contribution >= 4 is 17.2 Å². The van der Waals surface area contributed by atoms with Gasteiger partial charge in [0.25, 0.3) is 0 Å². The van der Waals surface area contributed by atoms with E-state index in [1.165, 1.54) is 29.7 Å². The second-order valence-corrected chi connectivity index (χ2v) is 9.67. The molecule has 1 unspecified atom stereocenters. The second-order valence-electron chi connectivity index (χ2n) is 8.53. The zero-order valence-electron chi connectivity index (χ0n) is 20.3. The van der Waals surface area contributed by atoms with Crippen molar-refractivity contribution in [2.24, 2.45) is 0 Å². The first-order valence-electron chi connectivity index (χ1n) is 11.8. The minimum Gasteiger partial charge on any atom is -0.333 e. The number of amides is 1. The van der Waals surface area contributed by atoms with E-state index < -0.39 is 23.6 Å². The Morgan fingerprint density at radius 2 is 2.11 bits per heavy atom. The molecule has 0 bridgehead atoms. The van der Waals surface area contributed by atoms with Crippen molar-refractivity contribution in [1.29, 1.82) is 5.26 Å². The van der Waals surface area contributed by atoms with Crippen LogP contribution in [0.5, 0.6) is 0 Å². The van der Waals surface area contributed by atoms with Crippen molar-refractivity contribution in [3.8, 4) is 17.2 Å². The third-order valence-corrected chi connectivity index (χ3v) is 7.23. The van der Waals surface area contributed by atoms with Gasteiger partial charge in [-0.2, -0.15) is 23.5 Å². The van der Waals surface area contributed by atoms with E-state index in [2.05, 4.69) is 16.5 Å². The van der Waals surface area contributed by atoms with Gasteiger partial charge in [-0.15, -0.1) is 11.3 Å². The third kappa shape index (κ3) is 5.45. The van der Waals surface area contributed by atoms with Crippen molar-refractivity contribution in [1.82, 2.24) is 20.0 Å². The number of thiophene rings is 1. The molecule has 11 heteroatoms. The third-order valence-electron chi connectivity index (χ3n) is 6.19. The lowest BCUT2D eigenvalue weighted by molar-refractivity contribution is -0.141. The molecule has 0 fully saturated rings. The summed E-state index contributed by atoms with van der Waals surface area (Å²) in [7, 11) is 0. The van der Waals surface area contributed by atoms with Gasteiger partial charge in [-0.1, -0.05) is 25.1 Å². The largest absolute Gasteiger partial charge is 0.435 e. The molecule has 1 aromatic carbocycles. The number of halogens is 4. The van der Waals surface area contributed by atoms with Gasteiger partial charge in [0.1, 0.15) is 16.8 Å². The SMILES string of the molecule is CCNC/C=C/C(=O)N1Cc2sc(C#N)cc2C(c2cccc(F)c2-c2cn(CC)nc2C(F)(F)F)C1. The molecule has 37 heavy (non-hydrogen) atoms. The highest BCUT2D eigenvalue weighted by atomic mass is 32.1. The molecule has 1 aliphatic rings. The van der Waals surface area contributed by atoms with Crippen LogP contribution in [0.1, 0.15) is 46.3 Å². The van der Waals surface area contributed by atoms with Crippen molar-refractivity contribution in [3.63, 3.8) is 0 Å². The highest BCUT2D eigenvalue weighted by molar-refractivity contribution is 7.12. The normalized spacial score (nSPS) is 15.7. The van der Waals surface area contributed by atoms with Gasteiger partial charge in [0.2, 0.25) is 5.91 Å².